The van der Waals surface area contributed by atoms with Gasteiger partial charge in [-0.05, 0) is 48.6 Å². The van der Waals surface area contributed by atoms with Gasteiger partial charge in [0.2, 0.25) is 0 Å². The molecule has 3 nitrogen and oxygen atoms in total. The second-order valence-corrected chi connectivity index (χ2v) is 8.83. The van der Waals surface area contributed by atoms with Gasteiger partial charge >= 0.3 is 0 Å². The van der Waals surface area contributed by atoms with Crippen molar-refractivity contribution in [2.45, 2.75) is 51.6 Å². The van der Waals surface area contributed by atoms with E-state index in [2.05, 4.69) is 41.8 Å². The minimum absolute atomic E-state index is 0. The van der Waals surface area contributed by atoms with Crippen LogP contribution in [0.2, 0.25) is 0 Å². The van der Waals surface area contributed by atoms with Gasteiger partial charge in [0, 0.05) is 43.7 Å². The highest BCUT2D eigenvalue weighted by Gasteiger charge is 2.42. The van der Waals surface area contributed by atoms with Crippen molar-refractivity contribution < 1.29 is 4.79 Å². The minimum atomic E-state index is 0. The van der Waals surface area contributed by atoms with Gasteiger partial charge in [0.1, 0.15) is 0 Å². The second-order valence-electron chi connectivity index (χ2n) is 8.83. The fourth-order valence-corrected chi connectivity index (χ4v) is 4.91. The number of Topliss-reactive ketones (excluding diaryl/α,β-unsaturated/α-hetero) is 1. The third-order valence-corrected chi connectivity index (χ3v) is 6.24. The summed E-state index contributed by atoms with van der Waals surface area (Å²) in [5.74, 6) is 1.05. The maximum atomic E-state index is 12.5. The summed E-state index contributed by atoms with van der Waals surface area (Å²) < 4.78 is 0. The topological polar surface area (TPSA) is 23.6 Å². The molecule has 0 saturated carbocycles. The van der Waals surface area contributed by atoms with Crippen molar-refractivity contribution in [2.75, 3.05) is 26.2 Å². The van der Waals surface area contributed by atoms with Crippen LogP contribution < -0.4 is 0 Å². The van der Waals surface area contributed by atoms with E-state index >= 15 is 0 Å². The Morgan fingerprint density at radius 1 is 0.966 bits per heavy atom. The third-order valence-electron chi connectivity index (χ3n) is 6.24. The predicted molar refractivity (Wildman–Crippen MR) is 133 cm³/mol. The van der Waals surface area contributed by atoms with Crippen LogP contribution in [0.1, 0.15) is 49.9 Å². The molecule has 2 aromatic rings. The Bertz CT molecular complexity index is 810. The molecule has 0 amide bonds. The quantitative estimate of drug-likeness (QED) is 0.441. The molecule has 0 radical (unpaired) electrons. The number of hydrogen-bond acceptors (Lipinski definition) is 3. The summed E-state index contributed by atoms with van der Waals surface area (Å²) in [7, 11) is 0. The fraction of sp³-hybridized carbons (Fsp3) is 0.542. The summed E-state index contributed by atoms with van der Waals surface area (Å²) in [5, 5.41) is 2.35. The van der Waals surface area contributed by atoms with Crippen LogP contribution in [-0.2, 0) is 0 Å². The Labute approximate surface area is 189 Å². The van der Waals surface area contributed by atoms with Crippen LogP contribution in [0.3, 0.4) is 0 Å². The fourth-order valence-electron chi connectivity index (χ4n) is 4.91. The highest BCUT2D eigenvalue weighted by atomic mass is 32.1. The number of carbonyl (C=O) groups is 1. The normalized spacial score (nSPS) is 21.3. The van der Waals surface area contributed by atoms with Crippen molar-refractivity contribution in [2.24, 2.45) is 5.92 Å². The number of hydrogen-bond donors (Lipinski definition) is 0. The van der Waals surface area contributed by atoms with Gasteiger partial charge in [-0.25, -0.2) is 0 Å². The summed E-state index contributed by atoms with van der Waals surface area (Å²) in [6.45, 7) is 9.51. The Morgan fingerprint density at radius 3 is 2.34 bits per heavy atom. The van der Waals surface area contributed by atoms with Crippen molar-refractivity contribution in [3.8, 4) is 0 Å². The number of rotatable bonds is 8. The first kappa shape index (κ1) is 24.3. The van der Waals surface area contributed by atoms with Crippen molar-refractivity contribution in [3.63, 3.8) is 0 Å². The Hall–Kier alpha value is -1.01. The molecule has 2 saturated heterocycles. The summed E-state index contributed by atoms with van der Waals surface area (Å²) >= 11 is 0. The molecular weight excluding hydrogens is 396 g/mol. The molecule has 29 heavy (non-hydrogen) atoms. The van der Waals surface area contributed by atoms with Gasteiger partial charge in [0.05, 0.1) is 0 Å². The van der Waals surface area contributed by atoms with Crippen molar-refractivity contribution in [1.29, 1.82) is 0 Å². The van der Waals surface area contributed by atoms with Crippen molar-refractivity contribution in [1.82, 2.24) is 9.80 Å². The van der Waals surface area contributed by atoms with Gasteiger partial charge < -0.3 is 0 Å². The minimum Gasteiger partial charge on any atom is -0.297 e. The largest absolute Gasteiger partial charge is 0.297 e. The molecule has 2 heterocycles. The molecule has 0 spiro atoms. The number of fused-ring (bicyclic) bond motifs is 3. The van der Waals surface area contributed by atoms with Crippen LogP contribution in [-0.4, -0.2) is 53.8 Å². The highest BCUT2D eigenvalue weighted by molar-refractivity contribution is 7.59. The SMILES string of the molecule is CC(C)CN1CC2CC1CN2CCCCC(=O)c1ccc2ccccc2c1.S.S. The molecule has 2 unspecified atom stereocenters. The van der Waals surface area contributed by atoms with E-state index in [4.69, 9.17) is 0 Å². The second kappa shape index (κ2) is 10.9. The number of benzene rings is 2. The molecule has 0 aromatic heterocycles. The molecule has 2 atom stereocenters. The van der Waals surface area contributed by atoms with E-state index < -0.39 is 0 Å². The molecular formula is C24H36N2OS2. The van der Waals surface area contributed by atoms with E-state index in [9.17, 15) is 4.79 Å². The monoisotopic (exact) mass is 432 g/mol. The lowest BCUT2D eigenvalue weighted by Crippen LogP contribution is -2.47. The number of unbranched alkanes of at least 4 members (excludes halogenated alkanes) is 1. The van der Waals surface area contributed by atoms with E-state index in [0.29, 0.717) is 6.42 Å². The van der Waals surface area contributed by atoms with E-state index in [-0.39, 0.29) is 32.8 Å². The molecule has 2 aromatic carbocycles. The lowest BCUT2D eigenvalue weighted by atomic mass is 10.0. The van der Waals surface area contributed by atoms with Crippen molar-refractivity contribution >= 4 is 43.5 Å². The maximum Gasteiger partial charge on any atom is 0.162 e. The van der Waals surface area contributed by atoms with Crippen LogP contribution in [0, 0.1) is 5.92 Å². The Morgan fingerprint density at radius 2 is 1.66 bits per heavy atom. The van der Waals surface area contributed by atoms with Crippen LogP contribution in [0.4, 0.5) is 0 Å². The molecule has 0 N–H and O–H groups in total. The number of likely N-dealkylation sites (tertiary alicyclic amines) is 2. The van der Waals surface area contributed by atoms with E-state index in [1.165, 1.54) is 31.4 Å². The van der Waals surface area contributed by atoms with Crippen molar-refractivity contribution in [3.05, 3.63) is 48.0 Å². The van der Waals surface area contributed by atoms with E-state index in [1.807, 2.05) is 24.3 Å². The number of piperazine rings is 1. The molecule has 2 fully saturated rings. The summed E-state index contributed by atoms with van der Waals surface area (Å²) in [6, 6.07) is 15.9. The molecule has 2 aliphatic heterocycles. The molecule has 0 aliphatic carbocycles. The highest BCUT2D eigenvalue weighted by Crippen LogP contribution is 2.31. The van der Waals surface area contributed by atoms with Crippen LogP contribution in [0.5, 0.6) is 0 Å². The smallest absolute Gasteiger partial charge is 0.162 e. The van der Waals surface area contributed by atoms with Gasteiger partial charge in [-0.2, -0.15) is 27.0 Å². The zero-order chi connectivity index (χ0) is 18.8. The molecule has 5 heteroatoms. The van der Waals surface area contributed by atoms with Gasteiger partial charge in [0.15, 0.2) is 5.78 Å². The molecule has 2 bridgehead atoms. The molecule has 4 rings (SSSR count). The van der Waals surface area contributed by atoms with Crippen LogP contribution >= 0.6 is 27.0 Å². The van der Waals surface area contributed by atoms with Gasteiger partial charge in [-0.3, -0.25) is 14.6 Å². The zero-order valence-electron chi connectivity index (χ0n) is 17.7. The van der Waals surface area contributed by atoms with E-state index in [1.54, 1.807) is 0 Å². The van der Waals surface area contributed by atoms with Crippen LogP contribution in [0.15, 0.2) is 42.5 Å². The third kappa shape index (κ3) is 5.78. The summed E-state index contributed by atoms with van der Waals surface area (Å²) in [5.41, 5.74) is 0.859. The van der Waals surface area contributed by atoms with Gasteiger partial charge in [-0.1, -0.05) is 50.2 Å². The van der Waals surface area contributed by atoms with Gasteiger partial charge in [-0.15, -0.1) is 0 Å². The summed E-state index contributed by atoms with van der Waals surface area (Å²) in [6.07, 6.45) is 4.14. The Balaban J connectivity index is 0.00000150. The zero-order valence-corrected chi connectivity index (χ0v) is 19.7. The Kier molecular flexibility index (Phi) is 9.08. The summed E-state index contributed by atoms with van der Waals surface area (Å²) in [4.78, 5) is 17.9. The van der Waals surface area contributed by atoms with E-state index in [0.717, 1.165) is 48.3 Å². The maximum absolute atomic E-state index is 12.5. The number of ketones is 1. The standard InChI is InChI=1S/C24H32N2O.2H2S/c1-18(2)15-26-17-22-14-23(26)16-25(22)12-6-5-9-24(27)21-11-10-19-7-3-4-8-20(19)13-21;;/h3-4,7-8,10-11,13,18,22-23H,5-6,9,12,14-17H2,1-2H3;2*1H2. The average molecular weight is 433 g/mol. The first-order valence-electron chi connectivity index (χ1n) is 10.6. The molecule has 160 valence electrons. The first-order chi connectivity index (χ1) is 13.1. The predicted octanol–water partition coefficient (Wildman–Crippen LogP) is 4.83. The number of nitrogens with zero attached hydrogens (tertiary/aromatic N) is 2. The first-order valence-corrected chi connectivity index (χ1v) is 10.6. The van der Waals surface area contributed by atoms with Crippen LogP contribution in [0.25, 0.3) is 10.8 Å². The lowest BCUT2D eigenvalue weighted by molar-refractivity contribution is 0.0971. The van der Waals surface area contributed by atoms with Gasteiger partial charge in [0.25, 0.3) is 0 Å². The average Bonchev–Trinajstić information content (AvgIpc) is 3.24. The lowest BCUT2D eigenvalue weighted by Gasteiger charge is -2.35. The number of carbonyl (C=O) groups excluding carboxylic acids is 1. The molecule has 2 aliphatic rings.